The van der Waals surface area contributed by atoms with Gasteiger partial charge in [-0.15, -0.1) is 0 Å². The molecule has 0 bridgehead atoms. The minimum Gasteiger partial charge on any atom is -0.303 e. The second-order valence-electron chi connectivity index (χ2n) is 3.96. The molecule has 0 aromatic heterocycles. The van der Waals surface area contributed by atoms with Crippen molar-refractivity contribution in [1.29, 1.82) is 0 Å². The van der Waals surface area contributed by atoms with Crippen molar-refractivity contribution in [3.05, 3.63) is 0 Å². The van der Waals surface area contributed by atoms with Gasteiger partial charge in [-0.05, 0) is 18.8 Å². The van der Waals surface area contributed by atoms with E-state index in [1.807, 2.05) is 0 Å². The van der Waals surface area contributed by atoms with Crippen LogP contribution in [0.1, 0.15) is 59.3 Å². The van der Waals surface area contributed by atoms with Crippen LogP contribution in [-0.2, 0) is 4.79 Å². The molecule has 1 heteroatoms. The number of hydrogen-bond acceptors (Lipinski definition) is 1. The molecular formula is C12H24O. The molecule has 0 saturated carbocycles. The van der Waals surface area contributed by atoms with Crippen molar-refractivity contribution in [2.24, 2.45) is 11.8 Å². The molecule has 0 aromatic rings. The van der Waals surface area contributed by atoms with Crippen molar-refractivity contribution >= 4 is 6.29 Å². The van der Waals surface area contributed by atoms with Crippen molar-refractivity contribution in [3.8, 4) is 0 Å². The normalized spacial score (nSPS) is 15.3. The Morgan fingerprint density at radius 1 is 1.15 bits per heavy atom. The Balaban J connectivity index is 3.73. The number of aldehydes is 1. The summed E-state index contributed by atoms with van der Waals surface area (Å²) in [5, 5.41) is 0. The first-order chi connectivity index (χ1) is 6.28. The lowest BCUT2D eigenvalue weighted by molar-refractivity contribution is -0.111. The molecule has 13 heavy (non-hydrogen) atoms. The maximum Gasteiger partial charge on any atom is 0.123 e. The molecule has 0 N–H and O–H groups in total. The van der Waals surface area contributed by atoms with Gasteiger partial charge in [-0.25, -0.2) is 0 Å². The van der Waals surface area contributed by atoms with Gasteiger partial charge < -0.3 is 4.79 Å². The van der Waals surface area contributed by atoms with Crippen LogP contribution in [0.5, 0.6) is 0 Å². The summed E-state index contributed by atoms with van der Waals surface area (Å²) in [5.41, 5.74) is 0. The van der Waals surface area contributed by atoms with Crippen molar-refractivity contribution in [3.63, 3.8) is 0 Å². The molecule has 0 radical (unpaired) electrons. The first-order valence-corrected chi connectivity index (χ1v) is 5.73. The fourth-order valence-corrected chi connectivity index (χ4v) is 1.73. The van der Waals surface area contributed by atoms with Gasteiger partial charge in [0.05, 0.1) is 0 Å². The Hall–Kier alpha value is -0.330. The van der Waals surface area contributed by atoms with Crippen molar-refractivity contribution in [2.45, 2.75) is 59.3 Å². The summed E-state index contributed by atoms with van der Waals surface area (Å²) in [6.07, 6.45) is 8.36. The van der Waals surface area contributed by atoms with E-state index in [1.54, 1.807) is 0 Å². The molecule has 0 amide bonds. The lowest BCUT2D eigenvalue weighted by atomic mass is 9.88. The maximum atomic E-state index is 10.7. The first-order valence-electron chi connectivity index (χ1n) is 5.73. The standard InChI is InChI=1S/C12H24O/c1-4-7-8-11(5-2)9-12(6-3)10-13/h10-12H,4-9H2,1-3H3. The van der Waals surface area contributed by atoms with Crippen LogP contribution in [-0.4, -0.2) is 6.29 Å². The largest absolute Gasteiger partial charge is 0.303 e. The molecule has 0 aliphatic rings. The van der Waals surface area contributed by atoms with E-state index in [-0.39, 0.29) is 0 Å². The summed E-state index contributed by atoms with van der Waals surface area (Å²) in [6, 6.07) is 0. The molecule has 2 atom stereocenters. The summed E-state index contributed by atoms with van der Waals surface area (Å²) in [5.74, 6) is 1.08. The predicted octanol–water partition coefficient (Wildman–Crippen LogP) is 3.82. The van der Waals surface area contributed by atoms with E-state index in [2.05, 4.69) is 20.8 Å². The zero-order valence-corrected chi connectivity index (χ0v) is 9.38. The first kappa shape index (κ1) is 12.7. The molecule has 0 fully saturated rings. The Morgan fingerprint density at radius 3 is 2.23 bits per heavy atom. The van der Waals surface area contributed by atoms with Crippen LogP contribution in [0.15, 0.2) is 0 Å². The third-order valence-electron chi connectivity index (χ3n) is 2.90. The van der Waals surface area contributed by atoms with Crippen LogP contribution in [0.25, 0.3) is 0 Å². The molecule has 0 spiro atoms. The Labute approximate surface area is 82.9 Å². The van der Waals surface area contributed by atoms with Crippen LogP contribution >= 0.6 is 0 Å². The van der Waals surface area contributed by atoms with Gasteiger partial charge in [0.1, 0.15) is 6.29 Å². The van der Waals surface area contributed by atoms with Gasteiger partial charge in [-0.1, -0.05) is 46.5 Å². The fraction of sp³-hybridized carbons (Fsp3) is 0.917. The summed E-state index contributed by atoms with van der Waals surface area (Å²) < 4.78 is 0. The zero-order valence-electron chi connectivity index (χ0n) is 9.38. The predicted molar refractivity (Wildman–Crippen MR) is 57.8 cm³/mol. The maximum absolute atomic E-state index is 10.7. The van der Waals surface area contributed by atoms with Crippen molar-refractivity contribution in [2.75, 3.05) is 0 Å². The molecular weight excluding hydrogens is 160 g/mol. The molecule has 0 heterocycles. The van der Waals surface area contributed by atoms with Crippen LogP contribution < -0.4 is 0 Å². The molecule has 78 valence electrons. The number of rotatable bonds is 8. The molecule has 0 aliphatic heterocycles. The molecule has 0 aromatic carbocycles. The smallest absolute Gasteiger partial charge is 0.123 e. The van der Waals surface area contributed by atoms with Gasteiger partial charge in [0.15, 0.2) is 0 Å². The molecule has 0 aliphatic carbocycles. The quantitative estimate of drug-likeness (QED) is 0.524. The van der Waals surface area contributed by atoms with Crippen molar-refractivity contribution in [1.82, 2.24) is 0 Å². The van der Waals surface area contributed by atoms with E-state index < -0.39 is 0 Å². The third-order valence-corrected chi connectivity index (χ3v) is 2.90. The van der Waals surface area contributed by atoms with Gasteiger partial charge in [-0.2, -0.15) is 0 Å². The molecule has 1 nitrogen and oxygen atoms in total. The summed E-state index contributed by atoms with van der Waals surface area (Å²) in [7, 11) is 0. The van der Waals surface area contributed by atoms with Crippen LogP contribution in [0, 0.1) is 11.8 Å². The van der Waals surface area contributed by atoms with Gasteiger partial charge in [0.25, 0.3) is 0 Å². The lowest BCUT2D eigenvalue weighted by Crippen LogP contribution is -2.09. The van der Waals surface area contributed by atoms with E-state index in [0.29, 0.717) is 5.92 Å². The Kier molecular flexibility index (Phi) is 8.07. The topological polar surface area (TPSA) is 17.1 Å². The highest BCUT2D eigenvalue weighted by atomic mass is 16.1. The minimum absolute atomic E-state index is 0.307. The summed E-state index contributed by atoms with van der Waals surface area (Å²) in [4.78, 5) is 10.7. The average molecular weight is 184 g/mol. The van der Waals surface area contributed by atoms with Gasteiger partial charge in [-0.3, -0.25) is 0 Å². The second-order valence-corrected chi connectivity index (χ2v) is 3.96. The monoisotopic (exact) mass is 184 g/mol. The van der Waals surface area contributed by atoms with E-state index in [4.69, 9.17) is 0 Å². The highest BCUT2D eigenvalue weighted by molar-refractivity contribution is 5.53. The minimum atomic E-state index is 0.307. The Bertz CT molecular complexity index is 120. The van der Waals surface area contributed by atoms with Crippen molar-refractivity contribution < 1.29 is 4.79 Å². The summed E-state index contributed by atoms with van der Waals surface area (Å²) in [6.45, 7) is 6.56. The molecule has 0 rings (SSSR count). The SMILES string of the molecule is CCCCC(CC)CC(C=O)CC. The summed E-state index contributed by atoms with van der Waals surface area (Å²) >= 11 is 0. The molecule has 0 saturated heterocycles. The van der Waals surface area contributed by atoms with Gasteiger partial charge in [0.2, 0.25) is 0 Å². The fourth-order valence-electron chi connectivity index (χ4n) is 1.73. The number of carbonyl (C=O) groups is 1. The van der Waals surface area contributed by atoms with Crippen LogP contribution in [0.2, 0.25) is 0 Å². The molecule has 2 unspecified atom stereocenters. The van der Waals surface area contributed by atoms with E-state index in [1.165, 1.54) is 25.7 Å². The number of carbonyl (C=O) groups excluding carboxylic acids is 1. The van der Waals surface area contributed by atoms with E-state index in [0.717, 1.165) is 25.0 Å². The highest BCUT2D eigenvalue weighted by Crippen LogP contribution is 2.22. The van der Waals surface area contributed by atoms with Gasteiger partial charge in [0, 0.05) is 5.92 Å². The number of hydrogen-bond donors (Lipinski definition) is 0. The van der Waals surface area contributed by atoms with Crippen LogP contribution in [0.4, 0.5) is 0 Å². The third kappa shape index (κ3) is 5.84. The average Bonchev–Trinajstić information content (AvgIpc) is 2.19. The Morgan fingerprint density at radius 2 is 1.85 bits per heavy atom. The highest BCUT2D eigenvalue weighted by Gasteiger charge is 2.12. The van der Waals surface area contributed by atoms with Crippen LogP contribution in [0.3, 0.4) is 0 Å². The van der Waals surface area contributed by atoms with E-state index >= 15 is 0 Å². The van der Waals surface area contributed by atoms with Gasteiger partial charge >= 0.3 is 0 Å². The number of unbranched alkanes of at least 4 members (excludes halogenated alkanes) is 1. The zero-order chi connectivity index (χ0) is 10.1. The second kappa shape index (κ2) is 8.28. The lowest BCUT2D eigenvalue weighted by Gasteiger charge is -2.17. The van der Waals surface area contributed by atoms with E-state index in [9.17, 15) is 4.79 Å².